The zero-order valence-corrected chi connectivity index (χ0v) is 11.0. The minimum atomic E-state index is 0.162. The van der Waals surface area contributed by atoms with Crippen LogP contribution in [0.15, 0.2) is 0 Å². The first kappa shape index (κ1) is 12.3. The number of hydrogen-bond donors (Lipinski definition) is 1. The minimum Gasteiger partial charge on any atom is -0.377 e. The van der Waals surface area contributed by atoms with Crippen LogP contribution in [-0.4, -0.2) is 42.8 Å². The van der Waals surface area contributed by atoms with E-state index in [2.05, 4.69) is 25.7 Å². The van der Waals surface area contributed by atoms with E-state index in [9.17, 15) is 0 Å². The van der Waals surface area contributed by atoms with E-state index in [1.807, 2.05) is 0 Å². The lowest BCUT2D eigenvalue weighted by molar-refractivity contribution is 0.0157. The van der Waals surface area contributed by atoms with Gasteiger partial charge in [-0.2, -0.15) is 0 Å². The maximum Gasteiger partial charge on any atom is 0.0674 e. The molecule has 1 aliphatic carbocycles. The second kappa shape index (κ2) is 4.28. The molecule has 3 heteroatoms. The Labute approximate surface area is 99.3 Å². The van der Waals surface area contributed by atoms with E-state index in [0.717, 1.165) is 32.7 Å². The van der Waals surface area contributed by atoms with Crippen molar-refractivity contribution in [3.63, 3.8) is 0 Å². The molecule has 16 heavy (non-hydrogen) atoms. The van der Waals surface area contributed by atoms with Crippen LogP contribution in [0.5, 0.6) is 0 Å². The smallest absolute Gasteiger partial charge is 0.0674 e. The van der Waals surface area contributed by atoms with Crippen molar-refractivity contribution in [1.82, 2.24) is 4.90 Å². The second-order valence-corrected chi connectivity index (χ2v) is 6.02. The summed E-state index contributed by atoms with van der Waals surface area (Å²) in [5.74, 6) is 0. The molecule has 0 bridgehead atoms. The molecule has 3 nitrogen and oxygen atoms in total. The summed E-state index contributed by atoms with van der Waals surface area (Å²) in [5.41, 5.74) is 6.68. The van der Waals surface area contributed by atoms with Gasteiger partial charge in [0.15, 0.2) is 0 Å². The van der Waals surface area contributed by atoms with Crippen molar-refractivity contribution in [2.45, 2.75) is 51.7 Å². The largest absolute Gasteiger partial charge is 0.377 e. The Morgan fingerprint density at radius 3 is 2.75 bits per heavy atom. The maximum absolute atomic E-state index is 6.08. The third kappa shape index (κ3) is 2.01. The molecule has 94 valence electrons. The van der Waals surface area contributed by atoms with Crippen molar-refractivity contribution < 1.29 is 4.74 Å². The highest BCUT2D eigenvalue weighted by Gasteiger charge is 2.55. The molecule has 1 saturated heterocycles. The van der Waals surface area contributed by atoms with Crippen LogP contribution in [0.2, 0.25) is 0 Å². The van der Waals surface area contributed by atoms with Crippen molar-refractivity contribution in [3.05, 3.63) is 0 Å². The van der Waals surface area contributed by atoms with Crippen LogP contribution < -0.4 is 5.73 Å². The van der Waals surface area contributed by atoms with Gasteiger partial charge in [-0.15, -0.1) is 0 Å². The maximum atomic E-state index is 6.08. The first-order valence-electron chi connectivity index (χ1n) is 6.58. The molecule has 2 rings (SSSR count). The van der Waals surface area contributed by atoms with E-state index in [4.69, 9.17) is 10.5 Å². The Bertz CT molecular complexity index is 252. The van der Waals surface area contributed by atoms with Gasteiger partial charge in [-0.25, -0.2) is 0 Å². The number of nitrogens with zero attached hydrogens (tertiary/aromatic N) is 1. The summed E-state index contributed by atoms with van der Waals surface area (Å²) in [5, 5.41) is 0. The van der Waals surface area contributed by atoms with Gasteiger partial charge in [-0.3, -0.25) is 4.90 Å². The first-order valence-corrected chi connectivity index (χ1v) is 6.58. The molecule has 0 radical (unpaired) electrons. The standard InChI is InChI=1S/C13H26N2O/c1-11-9-15(7-4-8-16-11)13(3,10-14)12(2)5-6-12/h11H,4-10,14H2,1-3H3. The third-order valence-corrected chi connectivity index (χ3v) is 4.85. The third-order valence-electron chi connectivity index (χ3n) is 4.85. The van der Waals surface area contributed by atoms with E-state index in [0.29, 0.717) is 11.5 Å². The van der Waals surface area contributed by atoms with Crippen LogP contribution in [-0.2, 0) is 4.74 Å². The summed E-state index contributed by atoms with van der Waals surface area (Å²) >= 11 is 0. The zero-order chi connectivity index (χ0) is 11.8. The lowest BCUT2D eigenvalue weighted by Crippen LogP contribution is -2.58. The molecular formula is C13H26N2O. The van der Waals surface area contributed by atoms with Gasteiger partial charge in [0.2, 0.25) is 0 Å². The van der Waals surface area contributed by atoms with Crippen LogP contribution >= 0.6 is 0 Å². The average Bonchev–Trinajstić information content (AvgIpc) is 3.03. The molecule has 0 aromatic carbocycles. The van der Waals surface area contributed by atoms with Gasteiger partial charge in [0.1, 0.15) is 0 Å². The van der Waals surface area contributed by atoms with Crippen LogP contribution in [0.4, 0.5) is 0 Å². The monoisotopic (exact) mass is 226 g/mol. The number of rotatable bonds is 3. The summed E-state index contributed by atoms with van der Waals surface area (Å²) in [6.07, 6.45) is 4.13. The highest BCUT2D eigenvalue weighted by Crippen LogP contribution is 2.55. The lowest BCUT2D eigenvalue weighted by Gasteiger charge is -2.45. The zero-order valence-electron chi connectivity index (χ0n) is 11.0. The molecule has 1 aliphatic heterocycles. The minimum absolute atomic E-state index is 0.162. The fourth-order valence-corrected chi connectivity index (χ4v) is 2.93. The Morgan fingerprint density at radius 2 is 2.19 bits per heavy atom. The average molecular weight is 226 g/mol. The topological polar surface area (TPSA) is 38.5 Å². The fourth-order valence-electron chi connectivity index (χ4n) is 2.93. The Hall–Kier alpha value is -0.120. The molecular weight excluding hydrogens is 200 g/mol. The number of hydrogen-bond acceptors (Lipinski definition) is 3. The molecule has 1 saturated carbocycles. The summed E-state index contributed by atoms with van der Waals surface area (Å²) < 4.78 is 5.72. The lowest BCUT2D eigenvalue weighted by atomic mass is 9.81. The summed E-state index contributed by atoms with van der Waals surface area (Å²) in [7, 11) is 0. The van der Waals surface area contributed by atoms with Gasteiger partial charge < -0.3 is 10.5 Å². The van der Waals surface area contributed by atoms with E-state index in [-0.39, 0.29) is 5.54 Å². The Balaban J connectivity index is 2.13. The predicted molar refractivity (Wildman–Crippen MR) is 66.4 cm³/mol. The van der Waals surface area contributed by atoms with Crippen LogP contribution in [0.1, 0.15) is 40.0 Å². The molecule has 2 atom stereocenters. The molecule has 0 aromatic heterocycles. The molecule has 2 N–H and O–H groups in total. The number of ether oxygens (including phenoxy) is 1. The second-order valence-electron chi connectivity index (χ2n) is 6.02. The van der Waals surface area contributed by atoms with Gasteiger partial charge in [-0.1, -0.05) is 6.92 Å². The molecule has 2 unspecified atom stereocenters. The van der Waals surface area contributed by atoms with Gasteiger partial charge in [0.05, 0.1) is 6.10 Å². The van der Waals surface area contributed by atoms with Crippen molar-refractivity contribution in [1.29, 1.82) is 0 Å². The fraction of sp³-hybridized carbons (Fsp3) is 1.00. The summed E-state index contributed by atoms with van der Waals surface area (Å²) in [6, 6.07) is 0. The SMILES string of the molecule is CC1CN(C(C)(CN)C2(C)CC2)CCCO1. The van der Waals surface area contributed by atoms with Crippen molar-refractivity contribution in [2.75, 3.05) is 26.2 Å². The van der Waals surface area contributed by atoms with Crippen LogP contribution in [0.3, 0.4) is 0 Å². The molecule has 1 heterocycles. The van der Waals surface area contributed by atoms with Crippen LogP contribution in [0, 0.1) is 5.41 Å². The Morgan fingerprint density at radius 1 is 1.50 bits per heavy atom. The predicted octanol–water partition coefficient (Wildman–Crippen LogP) is 1.61. The molecule has 2 fully saturated rings. The van der Waals surface area contributed by atoms with E-state index < -0.39 is 0 Å². The molecule has 0 amide bonds. The Kier molecular flexibility index (Phi) is 3.30. The van der Waals surface area contributed by atoms with Crippen molar-refractivity contribution in [3.8, 4) is 0 Å². The molecule has 0 aromatic rings. The first-order chi connectivity index (χ1) is 7.52. The normalized spacial score (nSPS) is 34.1. The van der Waals surface area contributed by atoms with Crippen molar-refractivity contribution in [2.24, 2.45) is 11.1 Å². The van der Waals surface area contributed by atoms with Crippen molar-refractivity contribution >= 4 is 0 Å². The van der Waals surface area contributed by atoms with Gasteiger partial charge >= 0.3 is 0 Å². The van der Waals surface area contributed by atoms with Gasteiger partial charge in [0, 0.05) is 31.8 Å². The highest BCUT2D eigenvalue weighted by molar-refractivity contribution is 5.10. The van der Waals surface area contributed by atoms with E-state index in [1.165, 1.54) is 12.8 Å². The summed E-state index contributed by atoms with van der Waals surface area (Å²) in [4.78, 5) is 2.58. The van der Waals surface area contributed by atoms with Crippen LogP contribution in [0.25, 0.3) is 0 Å². The molecule has 2 aliphatic rings. The van der Waals surface area contributed by atoms with Gasteiger partial charge in [-0.05, 0) is 38.5 Å². The quantitative estimate of drug-likeness (QED) is 0.794. The highest BCUT2D eigenvalue weighted by atomic mass is 16.5. The van der Waals surface area contributed by atoms with E-state index in [1.54, 1.807) is 0 Å². The van der Waals surface area contributed by atoms with Gasteiger partial charge in [0.25, 0.3) is 0 Å². The molecule has 0 spiro atoms. The van der Waals surface area contributed by atoms with E-state index >= 15 is 0 Å². The summed E-state index contributed by atoms with van der Waals surface area (Å²) in [6.45, 7) is 10.7. The number of nitrogens with two attached hydrogens (primary N) is 1.